The second-order valence-electron chi connectivity index (χ2n) is 10.1. The van der Waals surface area contributed by atoms with E-state index in [0.29, 0.717) is 11.2 Å². The molecule has 4 atom stereocenters. The van der Waals surface area contributed by atoms with Crippen LogP contribution in [0.3, 0.4) is 0 Å². The van der Waals surface area contributed by atoms with Crippen LogP contribution < -0.4 is 5.73 Å². The highest BCUT2D eigenvalue weighted by molar-refractivity contribution is 6.74. The number of benzene rings is 1. The normalized spacial score (nSPS) is 23.1. The van der Waals surface area contributed by atoms with Gasteiger partial charge in [0.2, 0.25) is 0 Å². The van der Waals surface area contributed by atoms with Gasteiger partial charge in [0, 0.05) is 11.1 Å². The molecule has 1 aliphatic heterocycles. The van der Waals surface area contributed by atoms with Crippen LogP contribution >= 0.6 is 0 Å². The SMILES string of the molecule is CC(C)(C)[Si](C)(C)O[C@@H]1[C@H](/N=C/c2ccccc2)[C@@H](CN=[N+]=[N-])O[C@H]1n1cnc2c(N)ncnc21. The quantitative estimate of drug-likeness (QED) is 0.168. The molecule has 35 heavy (non-hydrogen) atoms. The zero-order valence-corrected chi connectivity index (χ0v) is 21.6. The third-order valence-electron chi connectivity index (χ3n) is 6.73. The summed E-state index contributed by atoms with van der Waals surface area (Å²) in [5.74, 6) is 0.290. The molecule has 11 nitrogen and oxygen atoms in total. The van der Waals surface area contributed by atoms with Crippen LogP contribution in [0.15, 0.2) is 53.1 Å². The summed E-state index contributed by atoms with van der Waals surface area (Å²) in [7, 11) is -2.26. The molecule has 184 valence electrons. The molecular formula is C23H31N9O2Si. The molecule has 2 N–H and O–H groups in total. The molecule has 3 aromatic rings. The van der Waals surface area contributed by atoms with Crippen LogP contribution in [-0.4, -0.2) is 58.8 Å². The van der Waals surface area contributed by atoms with Crippen LogP contribution in [0.1, 0.15) is 32.6 Å². The number of nitrogens with two attached hydrogens (primary N) is 1. The smallest absolute Gasteiger partial charge is 0.192 e. The summed E-state index contributed by atoms with van der Waals surface area (Å²) >= 11 is 0. The number of imidazole rings is 1. The summed E-state index contributed by atoms with van der Waals surface area (Å²) in [5, 5.41) is 3.75. The van der Waals surface area contributed by atoms with Crippen molar-refractivity contribution in [2.24, 2.45) is 10.1 Å². The van der Waals surface area contributed by atoms with E-state index in [1.165, 1.54) is 6.33 Å². The number of azide groups is 1. The van der Waals surface area contributed by atoms with Crippen LogP contribution in [0.4, 0.5) is 5.82 Å². The number of fused-ring (bicyclic) bond motifs is 1. The molecule has 0 amide bonds. The molecule has 0 unspecified atom stereocenters. The van der Waals surface area contributed by atoms with Gasteiger partial charge in [0.05, 0.1) is 19.0 Å². The minimum absolute atomic E-state index is 0.0439. The molecular weight excluding hydrogens is 462 g/mol. The first-order chi connectivity index (χ1) is 16.6. The predicted octanol–water partition coefficient (Wildman–Crippen LogP) is 4.49. The first-order valence-corrected chi connectivity index (χ1v) is 14.4. The predicted molar refractivity (Wildman–Crippen MR) is 138 cm³/mol. The lowest BCUT2D eigenvalue weighted by Crippen LogP contribution is -2.48. The lowest BCUT2D eigenvalue weighted by Gasteiger charge is -2.40. The topological polar surface area (TPSA) is 149 Å². The summed E-state index contributed by atoms with van der Waals surface area (Å²) in [6.07, 6.45) is 3.28. The van der Waals surface area contributed by atoms with E-state index in [4.69, 9.17) is 25.4 Å². The largest absolute Gasteiger partial charge is 0.407 e. The van der Waals surface area contributed by atoms with Gasteiger partial charge >= 0.3 is 0 Å². The monoisotopic (exact) mass is 493 g/mol. The molecule has 12 heteroatoms. The van der Waals surface area contributed by atoms with E-state index >= 15 is 0 Å². The van der Waals surface area contributed by atoms with Gasteiger partial charge in [-0.25, -0.2) is 15.0 Å². The second-order valence-corrected chi connectivity index (χ2v) is 14.8. The minimum Gasteiger partial charge on any atom is -0.407 e. The molecule has 4 rings (SSSR count). The Morgan fingerprint density at radius 1 is 1.23 bits per heavy atom. The molecule has 1 aliphatic rings. The molecule has 0 radical (unpaired) electrons. The van der Waals surface area contributed by atoms with Gasteiger partial charge in [0.1, 0.15) is 24.0 Å². The van der Waals surface area contributed by atoms with E-state index < -0.39 is 32.8 Å². The number of anilines is 1. The molecule has 1 fully saturated rings. The van der Waals surface area contributed by atoms with E-state index in [0.717, 1.165) is 5.56 Å². The van der Waals surface area contributed by atoms with Gasteiger partial charge in [-0.3, -0.25) is 9.56 Å². The van der Waals surface area contributed by atoms with E-state index in [1.807, 2.05) is 41.1 Å². The maximum absolute atomic E-state index is 9.00. The second kappa shape index (κ2) is 9.74. The summed E-state index contributed by atoms with van der Waals surface area (Å²) in [5.41, 5.74) is 17.0. The Labute approximate surface area is 205 Å². The Hall–Kier alpha value is -3.31. The van der Waals surface area contributed by atoms with Crippen molar-refractivity contribution in [1.82, 2.24) is 19.5 Å². The first kappa shape index (κ1) is 24.8. The zero-order chi connectivity index (χ0) is 25.2. The standard InChI is InChI=1S/C23H31N9O2Si/c1-23(2,3)35(4,5)34-19-17(26-11-15-9-7-6-8-10-15)16(12-30-31-25)33-22(19)32-14-29-18-20(24)27-13-28-21(18)32/h6-11,13-14,16-17,19,22H,12H2,1-5H3,(H2,24,27,28)/b26-11+/t16-,17-,19-,22-/m1/s1. The Balaban J connectivity index is 1.80. The lowest BCUT2D eigenvalue weighted by atomic mass is 10.1. The molecule has 2 aromatic heterocycles. The van der Waals surface area contributed by atoms with Crippen molar-refractivity contribution in [3.8, 4) is 0 Å². The molecule has 0 spiro atoms. The number of hydrogen-bond acceptors (Lipinski definition) is 8. The van der Waals surface area contributed by atoms with Crippen molar-refractivity contribution >= 4 is 31.5 Å². The Kier molecular flexibility index (Phi) is 6.90. The number of ether oxygens (including phenoxy) is 1. The third kappa shape index (κ3) is 5.05. The van der Waals surface area contributed by atoms with Gasteiger partial charge in [-0.1, -0.05) is 56.2 Å². The van der Waals surface area contributed by atoms with Crippen molar-refractivity contribution in [2.75, 3.05) is 12.3 Å². The number of hydrogen-bond donors (Lipinski definition) is 1. The van der Waals surface area contributed by atoms with Crippen LogP contribution in [-0.2, 0) is 9.16 Å². The molecule has 0 bridgehead atoms. The Bertz CT molecular complexity index is 1250. The van der Waals surface area contributed by atoms with Crippen LogP contribution in [0.25, 0.3) is 21.6 Å². The number of aliphatic imine (C=N–C) groups is 1. The van der Waals surface area contributed by atoms with Crippen molar-refractivity contribution < 1.29 is 9.16 Å². The van der Waals surface area contributed by atoms with Crippen molar-refractivity contribution in [3.63, 3.8) is 0 Å². The fourth-order valence-electron chi connectivity index (χ4n) is 3.80. The number of nitrogen functional groups attached to an aromatic ring is 1. The maximum atomic E-state index is 9.00. The molecule has 1 aromatic carbocycles. The zero-order valence-electron chi connectivity index (χ0n) is 20.6. The van der Waals surface area contributed by atoms with E-state index in [2.05, 4.69) is 58.8 Å². The molecule has 3 heterocycles. The Morgan fingerprint density at radius 3 is 2.66 bits per heavy atom. The molecule has 0 saturated carbocycles. The highest BCUT2D eigenvalue weighted by atomic mass is 28.4. The third-order valence-corrected chi connectivity index (χ3v) is 11.2. The van der Waals surface area contributed by atoms with E-state index in [1.54, 1.807) is 6.33 Å². The summed E-state index contributed by atoms with van der Waals surface area (Å²) in [6.45, 7) is 11.0. The average molecular weight is 494 g/mol. The van der Waals surface area contributed by atoms with Crippen molar-refractivity contribution in [1.29, 1.82) is 0 Å². The van der Waals surface area contributed by atoms with Gasteiger partial charge < -0.3 is 14.9 Å². The van der Waals surface area contributed by atoms with E-state index in [-0.39, 0.29) is 17.4 Å². The highest BCUT2D eigenvalue weighted by Gasteiger charge is 2.51. The van der Waals surface area contributed by atoms with Crippen LogP contribution in [0, 0.1) is 0 Å². The van der Waals surface area contributed by atoms with Crippen LogP contribution in [0.5, 0.6) is 0 Å². The highest BCUT2D eigenvalue weighted by Crippen LogP contribution is 2.43. The first-order valence-electron chi connectivity index (χ1n) is 11.5. The average Bonchev–Trinajstić information content (AvgIpc) is 3.38. The van der Waals surface area contributed by atoms with Gasteiger partial charge in [-0.15, -0.1) is 0 Å². The fraction of sp³-hybridized carbons (Fsp3) is 0.478. The lowest BCUT2D eigenvalue weighted by molar-refractivity contribution is -0.0285. The summed E-state index contributed by atoms with van der Waals surface area (Å²) in [6, 6.07) is 9.41. The van der Waals surface area contributed by atoms with Gasteiger partial charge in [0.25, 0.3) is 0 Å². The Morgan fingerprint density at radius 2 is 1.97 bits per heavy atom. The minimum atomic E-state index is -2.26. The van der Waals surface area contributed by atoms with E-state index in [9.17, 15) is 0 Å². The number of nitrogens with zero attached hydrogens (tertiary/aromatic N) is 8. The van der Waals surface area contributed by atoms with Gasteiger partial charge in [-0.2, -0.15) is 0 Å². The van der Waals surface area contributed by atoms with Gasteiger partial charge in [-0.05, 0) is 29.2 Å². The summed E-state index contributed by atoms with van der Waals surface area (Å²) in [4.78, 5) is 20.7. The number of rotatable bonds is 7. The van der Waals surface area contributed by atoms with Crippen molar-refractivity contribution in [3.05, 3.63) is 59.0 Å². The number of aromatic nitrogens is 4. The summed E-state index contributed by atoms with van der Waals surface area (Å²) < 4.78 is 15.2. The fourth-order valence-corrected chi connectivity index (χ4v) is 5.09. The van der Waals surface area contributed by atoms with Gasteiger partial charge in [0.15, 0.2) is 26.0 Å². The molecule has 1 saturated heterocycles. The van der Waals surface area contributed by atoms with Crippen LogP contribution in [0.2, 0.25) is 18.1 Å². The maximum Gasteiger partial charge on any atom is 0.192 e. The van der Waals surface area contributed by atoms with Crippen molar-refractivity contribution in [2.45, 2.75) is 63.4 Å². The molecule has 0 aliphatic carbocycles.